The first-order valence-electron chi connectivity index (χ1n) is 12.2. The molecule has 0 fully saturated rings. The summed E-state index contributed by atoms with van der Waals surface area (Å²) >= 11 is 0. The van der Waals surface area contributed by atoms with Crippen molar-refractivity contribution in [3.05, 3.63) is 124 Å². The highest BCUT2D eigenvalue weighted by molar-refractivity contribution is 6.11. The van der Waals surface area contributed by atoms with Crippen molar-refractivity contribution >= 4 is 17.6 Å². The van der Waals surface area contributed by atoms with Crippen molar-refractivity contribution in [1.82, 2.24) is 15.6 Å². The van der Waals surface area contributed by atoms with Gasteiger partial charge in [-0.05, 0) is 53.9 Å². The van der Waals surface area contributed by atoms with E-state index in [4.69, 9.17) is 4.74 Å². The van der Waals surface area contributed by atoms with E-state index >= 15 is 0 Å². The number of ether oxygens (including phenoxy) is 1. The molecular weight excluding hydrogens is 501 g/mol. The summed E-state index contributed by atoms with van der Waals surface area (Å²) in [6.45, 7) is 0. The van der Waals surface area contributed by atoms with Crippen molar-refractivity contribution in [3.63, 3.8) is 0 Å². The van der Waals surface area contributed by atoms with E-state index in [9.17, 15) is 23.9 Å². The van der Waals surface area contributed by atoms with Gasteiger partial charge < -0.3 is 20.5 Å². The number of pyridine rings is 1. The van der Waals surface area contributed by atoms with Crippen LogP contribution in [0.15, 0.2) is 85.2 Å². The second kappa shape index (κ2) is 10.7. The first kappa shape index (κ1) is 25.6. The van der Waals surface area contributed by atoms with E-state index in [0.717, 1.165) is 11.1 Å². The average Bonchev–Trinajstić information content (AvgIpc) is 3.30. The number of rotatable bonds is 7. The maximum atomic E-state index is 14.7. The summed E-state index contributed by atoms with van der Waals surface area (Å²) in [6.07, 6.45) is 3.62. The monoisotopic (exact) mass is 525 g/mol. The van der Waals surface area contributed by atoms with Crippen molar-refractivity contribution in [2.45, 2.75) is 18.5 Å². The van der Waals surface area contributed by atoms with Crippen LogP contribution in [0, 0.1) is 5.82 Å². The normalized spacial score (nSPS) is 15.7. The number of amides is 2. The second-order valence-corrected chi connectivity index (χ2v) is 9.05. The molecule has 0 saturated heterocycles. The zero-order valence-electron chi connectivity index (χ0n) is 20.9. The van der Waals surface area contributed by atoms with Crippen LogP contribution in [0.1, 0.15) is 53.8 Å². The number of nitrogens with one attached hydrogen (secondary N) is 2. The lowest BCUT2D eigenvalue weighted by molar-refractivity contribution is 0.0887. The Morgan fingerprint density at radius 2 is 1.51 bits per heavy atom. The summed E-state index contributed by atoms with van der Waals surface area (Å²) in [5, 5.41) is 16.1. The summed E-state index contributed by atoms with van der Waals surface area (Å²) < 4.78 is 19.6. The van der Waals surface area contributed by atoms with Gasteiger partial charge >= 0.3 is 0 Å². The Labute approximate surface area is 223 Å². The molecule has 2 amide bonds. The molecule has 1 aliphatic rings. The molecule has 0 spiro atoms. The number of halogens is 1. The number of methoxy groups -OCH3 is 1. The van der Waals surface area contributed by atoms with Gasteiger partial charge in [-0.3, -0.25) is 19.4 Å². The van der Waals surface area contributed by atoms with Crippen LogP contribution in [0.5, 0.6) is 11.5 Å². The number of carbonyl (C=O) groups is 3. The molecule has 9 heteroatoms. The van der Waals surface area contributed by atoms with E-state index in [1.807, 2.05) is 24.3 Å². The van der Waals surface area contributed by atoms with Gasteiger partial charge in [0.25, 0.3) is 11.8 Å². The molecular formula is C30H24FN3O5. The van der Waals surface area contributed by atoms with Gasteiger partial charge in [0.2, 0.25) is 0 Å². The van der Waals surface area contributed by atoms with Gasteiger partial charge in [-0.15, -0.1) is 0 Å². The Bertz CT molecular complexity index is 1560. The summed E-state index contributed by atoms with van der Waals surface area (Å²) in [5.41, 5.74) is 2.23. The molecule has 5 rings (SSSR count). The molecule has 1 heterocycles. The van der Waals surface area contributed by atoms with E-state index in [2.05, 4.69) is 15.6 Å². The minimum atomic E-state index is -0.968. The molecule has 1 aromatic heterocycles. The molecule has 3 aromatic carbocycles. The first-order valence-corrected chi connectivity index (χ1v) is 12.2. The Hall–Kier alpha value is -5.05. The summed E-state index contributed by atoms with van der Waals surface area (Å²) in [7, 11) is 1.26. The molecule has 1 aliphatic carbocycles. The van der Waals surface area contributed by atoms with Gasteiger partial charge in [-0.2, -0.15) is 0 Å². The topological polar surface area (TPSA) is 118 Å². The number of fused-ring (bicyclic) bond motifs is 1. The Kier molecular flexibility index (Phi) is 7.05. The number of aromatic hydroxyl groups is 1. The highest BCUT2D eigenvalue weighted by Gasteiger charge is 2.35. The van der Waals surface area contributed by atoms with E-state index < -0.39 is 34.9 Å². The van der Waals surface area contributed by atoms with Crippen LogP contribution in [0.4, 0.5) is 4.39 Å². The Balaban J connectivity index is 1.35. The minimum Gasteiger partial charge on any atom is -0.507 e. The molecule has 0 radical (unpaired) electrons. The zero-order valence-corrected chi connectivity index (χ0v) is 20.9. The third-order valence-electron chi connectivity index (χ3n) is 6.72. The number of hydrogen-bond donors (Lipinski definition) is 3. The van der Waals surface area contributed by atoms with E-state index in [-0.39, 0.29) is 28.8 Å². The van der Waals surface area contributed by atoms with Gasteiger partial charge in [-0.25, -0.2) is 4.39 Å². The van der Waals surface area contributed by atoms with Gasteiger partial charge in [0.15, 0.2) is 17.3 Å². The predicted molar refractivity (Wildman–Crippen MR) is 140 cm³/mol. The van der Waals surface area contributed by atoms with Crippen molar-refractivity contribution in [1.29, 1.82) is 0 Å². The lowest BCUT2D eigenvalue weighted by Gasteiger charge is -2.23. The molecule has 4 aromatic rings. The summed E-state index contributed by atoms with van der Waals surface area (Å²) in [4.78, 5) is 42.9. The maximum Gasteiger partial charge on any atom is 0.251 e. The van der Waals surface area contributed by atoms with Crippen LogP contribution in [0.2, 0.25) is 0 Å². The number of benzene rings is 3. The number of carbonyl (C=O) groups excluding carboxylic acids is 3. The van der Waals surface area contributed by atoms with Gasteiger partial charge in [0.1, 0.15) is 11.3 Å². The molecule has 8 nitrogen and oxygen atoms in total. The lowest BCUT2D eigenvalue weighted by atomic mass is 9.99. The lowest BCUT2D eigenvalue weighted by Crippen LogP contribution is -2.44. The molecule has 3 N–H and O–H groups in total. The SMILES string of the molecule is COc1ccc(O)c(C(=O)c2ccc(C(=O)N[C@@H]3c4ccccc4C[C@H]3NC(=O)c3ccncc3)cc2)c1F. The van der Waals surface area contributed by atoms with Crippen LogP contribution in [0.3, 0.4) is 0 Å². The third-order valence-corrected chi connectivity index (χ3v) is 6.72. The molecule has 196 valence electrons. The summed E-state index contributed by atoms with van der Waals surface area (Å²) in [5.74, 6) is -3.09. The fourth-order valence-corrected chi connectivity index (χ4v) is 4.73. The number of aromatic nitrogens is 1. The number of phenolic OH excluding ortho intramolecular Hbond substituents is 1. The molecule has 0 unspecified atom stereocenters. The highest BCUT2D eigenvalue weighted by Crippen LogP contribution is 2.33. The highest BCUT2D eigenvalue weighted by atomic mass is 19.1. The molecule has 2 atom stereocenters. The Morgan fingerprint density at radius 1 is 0.872 bits per heavy atom. The van der Waals surface area contributed by atoms with E-state index in [1.54, 1.807) is 12.1 Å². The van der Waals surface area contributed by atoms with Crippen LogP contribution in [-0.2, 0) is 6.42 Å². The predicted octanol–water partition coefficient (Wildman–Crippen LogP) is 3.99. The number of ketones is 1. The zero-order chi connectivity index (χ0) is 27.5. The van der Waals surface area contributed by atoms with Crippen molar-refractivity contribution in [3.8, 4) is 11.5 Å². The second-order valence-electron chi connectivity index (χ2n) is 9.05. The van der Waals surface area contributed by atoms with Crippen molar-refractivity contribution < 1.29 is 28.6 Å². The fourth-order valence-electron chi connectivity index (χ4n) is 4.73. The third kappa shape index (κ3) is 5.06. The molecule has 0 bridgehead atoms. The fraction of sp³-hybridized carbons (Fsp3) is 0.133. The van der Waals surface area contributed by atoms with Crippen LogP contribution >= 0.6 is 0 Å². The Morgan fingerprint density at radius 3 is 2.23 bits per heavy atom. The molecule has 0 aliphatic heterocycles. The van der Waals surface area contributed by atoms with Gasteiger partial charge in [0, 0.05) is 29.1 Å². The first-order chi connectivity index (χ1) is 18.9. The maximum absolute atomic E-state index is 14.7. The average molecular weight is 526 g/mol. The van der Waals surface area contributed by atoms with Gasteiger partial charge in [0.05, 0.1) is 19.2 Å². The number of phenols is 1. The quantitative estimate of drug-likeness (QED) is 0.314. The minimum absolute atomic E-state index is 0.0858. The van der Waals surface area contributed by atoms with Gasteiger partial charge in [-0.1, -0.05) is 36.4 Å². The van der Waals surface area contributed by atoms with Crippen molar-refractivity contribution in [2.75, 3.05) is 7.11 Å². The van der Waals surface area contributed by atoms with Crippen LogP contribution in [0.25, 0.3) is 0 Å². The van der Waals surface area contributed by atoms with Crippen LogP contribution < -0.4 is 15.4 Å². The van der Waals surface area contributed by atoms with Crippen molar-refractivity contribution in [2.24, 2.45) is 0 Å². The largest absolute Gasteiger partial charge is 0.507 e. The van der Waals surface area contributed by atoms with E-state index in [0.29, 0.717) is 12.0 Å². The molecule has 0 saturated carbocycles. The molecule has 39 heavy (non-hydrogen) atoms. The van der Waals surface area contributed by atoms with Crippen LogP contribution in [-0.4, -0.2) is 40.8 Å². The standard InChI is InChI=1S/C30H24FN3O5/c1-39-24-11-10-23(35)25(26(24)31)28(36)17-6-8-18(9-7-17)30(38)34-27-21-5-3-2-4-20(21)16-22(27)33-29(37)19-12-14-32-15-13-19/h2-15,22,27,35H,16H2,1H3,(H,33,37)(H,34,38)/t22-,27-/m1/s1. The number of hydrogen-bond acceptors (Lipinski definition) is 6. The van der Waals surface area contributed by atoms with E-state index in [1.165, 1.54) is 55.9 Å². The number of nitrogens with zero attached hydrogens (tertiary/aromatic N) is 1. The smallest absolute Gasteiger partial charge is 0.251 e. The summed E-state index contributed by atoms with van der Waals surface area (Å²) in [6, 6.07) is 18.1.